The van der Waals surface area contributed by atoms with Crippen LogP contribution in [0.3, 0.4) is 0 Å². The fourth-order valence-corrected chi connectivity index (χ4v) is 2.25. The van der Waals surface area contributed by atoms with Crippen molar-refractivity contribution >= 4 is 17.9 Å². The number of carboxylic acid groups (broad SMARTS) is 1. The lowest BCUT2D eigenvalue weighted by molar-refractivity contribution is -0.137. The fourth-order valence-electron chi connectivity index (χ4n) is 2.25. The molecular weight excluding hydrogens is 274 g/mol. The van der Waals surface area contributed by atoms with Gasteiger partial charge in [0.05, 0.1) is 6.42 Å². The van der Waals surface area contributed by atoms with Gasteiger partial charge >= 0.3 is 12.0 Å². The van der Waals surface area contributed by atoms with E-state index in [4.69, 9.17) is 5.11 Å². The maximum absolute atomic E-state index is 12.7. The average molecular weight is 299 g/mol. The first-order chi connectivity index (χ1) is 9.62. The molecule has 7 heteroatoms. The van der Waals surface area contributed by atoms with Gasteiger partial charge in [-0.25, -0.2) is 4.79 Å². The Morgan fingerprint density at radius 3 is 2.43 bits per heavy atom. The topological polar surface area (TPSA) is 81.2 Å². The summed E-state index contributed by atoms with van der Waals surface area (Å²) in [6.07, 6.45) is 0.621. The van der Waals surface area contributed by atoms with Gasteiger partial charge in [-0.05, 0) is 27.2 Å². The number of rotatable bonds is 3. The highest BCUT2D eigenvalue weighted by molar-refractivity contribution is 5.85. The third-order valence-electron chi connectivity index (χ3n) is 3.53. The minimum atomic E-state index is -0.941. The number of urea groups is 1. The molecule has 0 aromatic rings. The number of amides is 3. The van der Waals surface area contributed by atoms with Crippen LogP contribution in [-0.2, 0) is 9.59 Å². The maximum atomic E-state index is 12.7. The van der Waals surface area contributed by atoms with Gasteiger partial charge in [-0.1, -0.05) is 0 Å². The van der Waals surface area contributed by atoms with Crippen LogP contribution in [0.15, 0.2) is 0 Å². The minimum absolute atomic E-state index is 0.0506. The van der Waals surface area contributed by atoms with Gasteiger partial charge in [0.25, 0.3) is 0 Å². The van der Waals surface area contributed by atoms with Crippen molar-refractivity contribution in [2.24, 2.45) is 0 Å². The second-order valence-electron chi connectivity index (χ2n) is 6.34. The quantitative estimate of drug-likeness (QED) is 0.837. The Kier molecular flexibility index (Phi) is 5.57. The van der Waals surface area contributed by atoms with Crippen LogP contribution in [0.4, 0.5) is 4.79 Å². The van der Waals surface area contributed by atoms with Gasteiger partial charge in [-0.2, -0.15) is 0 Å². The second-order valence-corrected chi connectivity index (χ2v) is 6.34. The monoisotopic (exact) mass is 299 g/mol. The van der Waals surface area contributed by atoms with Crippen LogP contribution in [-0.4, -0.2) is 76.5 Å². The molecule has 1 aliphatic rings. The number of likely N-dealkylation sites (N-methyl/N-ethyl adjacent to an activating group) is 1. The Labute approximate surface area is 125 Å². The van der Waals surface area contributed by atoms with E-state index in [1.807, 2.05) is 20.8 Å². The summed E-state index contributed by atoms with van der Waals surface area (Å²) in [5.41, 5.74) is -0.492. The molecule has 0 unspecified atom stereocenters. The van der Waals surface area contributed by atoms with Crippen LogP contribution in [0.1, 0.15) is 33.6 Å². The molecule has 7 nitrogen and oxygen atoms in total. The molecule has 1 rings (SSSR count). The van der Waals surface area contributed by atoms with Crippen molar-refractivity contribution in [1.29, 1.82) is 0 Å². The smallest absolute Gasteiger partial charge is 0.320 e. The average Bonchev–Trinajstić information content (AvgIpc) is 2.50. The third-order valence-corrected chi connectivity index (χ3v) is 3.53. The Bertz CT molecular complexity index is 417. The van der Waals surface area contributed by atoms with Crippen LogP contribution >= 0.6 is 0 Å². The molecule has 1 fully saturated rings. The normalized spacial score (nSPS) is 16.7. The predicted octanol–water partition coefficient (Wildman–Crippen LogP) is 0.846. The fraction of sp³-hybridized carbons (Fsp3) is 0.786. The molecule has 0 atom stereocenters. The molecule has 1 saturated heterocycles. The van der Waals surface area contributed by atoms with Crippen molar-refractivity contribution in [3.8, 4) is 0 Å². The van der Waals surface area contributed by atoms with E-state index in [0.717, 1.165) is 6.42 Å². The molecule has 120 valence electrons. The summed E-state index contributed by atoms with van der Waals surface area (Å²) in [7, 11) is 1.72. The van der Waals surface area contributed by atoms with Crippen molar-refractivity contribution in [1.82, 2.24) is 14.7 Å². The zero-order valence-electron chi connectivity index (χ0n) is 13.3. The van der Waals surface area contributed by atoms with E-state index in [1.54, 1.807) is 11.9 Å². The summed E-state index contributed by atoms with van der Waals surface area (Å²) in [5, 5.41) is 8.83. The molecule has 0 spiro atoms. The Balaban J connectivity index is 2.83. The van der Waals surface area contributed by atoms with Gasteiger partial charge < -0.3 is 19.8 Å². The molecule has 0 aromatic carbocycles. The molecule has 21 heavy (non-hydrogen) atoms. The van der Waals surface area contributed by atoms with Gasteiger partial charge in [-0.15, -0.1) is 0 Å². The molecule has 0 aromatic heterocycles. The maximum Gasteiger partial charge on any atom is 0.320 e. The second kappa shape index (κ2) is 6.78. The largest absolute Gasteiger partial charge is 0.481 e. The summed E-state index contributed by atoms with van der Waals surface area (Å²) in [6.45, 7) is 6.91. The van der Waals surface area contributed by atoms with Crippen molar-refractivity contribution in [3.63, 3.8) is 0 Å². The van der Waals surface area contributed by atoms with Crippen LogP contribution in [0, 0.1) is 0 Å². The van der Waals surface area contributed by atoms with Gasteiger partial charge in [0, 0.05) is 32.2 Å². The molecule has 0 saturated carbocycles. The van der Waals surface area contributed by atoms with Crippen molar-refractivity contribution in [3.05, 3.63) is 0 Å². The van der Waals surface area contributed by atoms with Crippen molar-refractivity contribution in [2.45, 2.75) is 39.2 Å². The van der Waals surface area contributed by atoms with E-state index in [9.17, 15) is 14.4 Å². The lowest BCUT2D eigenvalue weighted by atomic mass is 10.1. The van der Waals surface area contributed by atoms with Crippen LogP contribution in [0.2, 0.25) is 0 Å². The molecule has 1 N–H and O–H groups in total. The first-order valence-electron chi connectivity index (χ1n) is 7.15. The van der Waals surface area contributed by atoms with Gasteiger partial charge in [0.2, 0.25) is 5.91 Å². The molecular formula is C14H25N3O4. The SMILES string of the molecule is CN1CCCN(C(=O)N(CCC(=O)O)C(C)(C)C)CC1=O. The van der Waals surface area contributed by atoms with E-state index in [2.05, 4.69) is 0 Å². The molecule has 1 heterocycles. The molecule has 0 aliphatic carbocycles. The Morgan fingerprint density at radius 2 is 1.90 bits per heavy atom. The predicted molar refractivity (Wildman–Crippen MR) is 77.9 cm³/mol. The minimum Gasteiger partial charge on any atom is -0.481 e. The summed E-state index contributed by atoms with van der Waals surface area (Å²) >= 11 is 0. The molecule has 0 bridgehead atoms. The summed E-state index contributed by atoms with van der Waals surface area (Å²) < 4.78 is 0. The lowest BCUT2D eigenvalue weighted by Gasteiger charge is -2.38. The number of hydrogen-bond donors (Lipinski definition) is 1. The molecule has 1 aliphatic heterocycles. The summed E-state index contributed by atoms with van der Waals surface area (Å²) in [4.78, 5) is 40.0. The first-order valence-corrected chi connectivity index (χ1v) is 7.15. The number of aliphatic carboxylic acids is 1. The highest BCUT2D eigenvalue weighted by Crippen LogP contribution is 2.17. The van der Waals surface area contributed by atoms with E-state index in [-0.39, 0.29) is 31.4 Å². The van der Waals surface area contributed by atoms with Crippen molar-refractivity contribution < 1.29 is 19.5 Å². The zero-order chi connectivity index (χ0) is 16.2. The standard InChI is InChI=1S/C14H25N3O4/c1-14(2,3)17(9-6-12(19)20)13(21)16-8-5-7-15(4)11(18)10-16/h5-10H2,1-4H3,(H,19,20). The number of nitrogens with zero attached hydrogens (tertiary/aromatic N) is 3. The van der Waals surface area contributed by atoms with Crippen LogP contribution in [0.25, 0.3) is 0 Å². The van der Waals surface area contributed by atoms with Gasteiger partial charge in [0.15, 0.2) is 0 Å². The van der Waals surface area contributed by atoms with Gasteiger partial charge in [0.1, 0.15) is 6.54 Å². The van der Waals surface area contributed by atoms with E-state index >= 15 is 0 Å². The summed E-state index contributed by atoms with van der Waals surface area (Å²) in [5.74, 6) is -1.03. The first kappa shape index (κ1) is 17.3. The van der Waals surface area contributed by atoms with Gasteiger partial charge in [-0.3, -0.25) is 9.59 Å². The number of carboxylic acids is 1. The zero-order valence-corrected chi connectivity index (χ0v) is 13.3. The van der Waals surface area contributed by atoms with Crippen LogP contribution in [0.5, 0.6) is 0 Å². The third kappa shape index (κ3) is 4.91. The van der Waals surface area contributed by atoms with E-state index in [1.165, 1.54) is 9.80 Å². The number of hydrogen-bond acceptors (Lipinski definition) is 3. The molecule has 0 radical (unpaired) electrons. The molecule has 3 amide bonds. The lowest BCUT2D eigenvalue weighted by Crippen LogP contribution is -2.53. The number of carbonyl (C=O) groups is 3. The highest BCUT2D eigenvalue weighted by atomic mass is 16.4. The van der Waals surface area contributed by atoms with Crippen molar-refractivity contribution in [2.75, 3.05) is 33.2 Å². The Morgan fingerprint density at radius 1 is 1.29 bits per heavy atom. The number of carbonyl (C=O) groups excluding carboxylic acids is 2. The summed E-state index contributed by atoms with van der Waals surface area (Å²) in [6, 6.07) is -0.271. The van der Waals surface area contributed by atoms with E-state index in [0.29, 0.717) is 13.1 Å². The van der Waals surface area contributed by atoms with E-state index < -0.39 is 11.5 Å². The Hall–Kier alpha value is -1.79. The highest BCUT2D eigenvalue weighted by Gasteiger charge is 2.32. The van der Waals surface area contributed by atoms with Crippen LogP contribution < -0.4 is 0 Å².